The fourth-order valence-electron chi connectivity index (χ4n) is 4.73. The van der Waals surface area contributed by atoms with Crippen LogP contribution in [0.15, 0.2) is 96.0 Å². The summed E-state index contributed by atoms with van der Waals surface area (Å²) in [5.41, 5.74) is 0.977. The van der Waals surface area contributed by atoms with Crippen LogP contribution in [0.4, 0.5) is 20.2 Å². The van der Waals surface area contributed by atoms with Gasteiger partial charge in [0, 0.05) is 28.6 Å². The molecule has 1 atom stereocenters. The van der Waals surface area contributed by atoms with E-state index in [9.17, 15) is 31.9 Å². The van der Waals surface area contributed by atoms with Crippen LogP contribution in [0.1, 0.15) is 15.9 Å². The van der Waals surface area contributed by atoms with Gasteiger partial charge in [0.1, 0.15) is 23.2 Å². The average Bonchev–Trinajstić information content (AvgIpc) is 3.00. The van der Waals surface area contributed by atoms with Gasteiger partial charge in [-0.15, -0.1) is 0 Å². The number of nitrogens with zero attached hydrogens (tertiary/aromatic N) is 2. The van der Waals surface area contributed by atoms with Crippen molar-refractivity contribution in [2.45, 2.75) is 17.4 Å². The second kappa shape index (κ2) is 12.7. The van der Waals surface area contributed by atoms with Gasteiger partial charge < -0.3 is 10.4 Å². The minimum Gasteiger partial charge on any atom is -0.480 e. The summed E-state index contributed by atoms with van der Waals surface area (Å²) in [5, 5.41) is 12.9. The SMILES string of the molecule is [C-]#[N+]c1ccc(-c2ccc(C[C@H](NC(=O)c3c(F)cc(NS(=O)(=O)c4ccccc4)cc3F)C(=O)O)c3cccnc23)c(Cl)c1. The van der Waals surface area contributed by atoms with Crippen LogP contribution in [0.5, 0.6) is 0 Å². The number of hydrogen-bond donors (Lipinski definition) is 3. The zero-order chi connectivity index (χ0) is 32.3. The normalized spacial score (nSPS) is 11.9. The van der Waals surface area contributed by atoms with Crippen molar-refractivity contribution < 1.29 is 31.9 Å². The maximum atomic E-state index is 15.0. The van der Waals surface area contributed by atoms with Gasteiger partial charge in [0.15, 0.2) is 5.69 Å². The molecular formula is C32H21ClF2N4O5S. The summed E-state index contributed by atoms with van der Waals surface area (Å²) in [4.78, 5) is 32.8. The molecule has 3 N–H and O–H groups in total. The first-order valence-electron chi connectivity index (χ1n) is 13.1. The second-order valence-corrected chi connectivity index (χ2v) is 11.8. The number of hydrogen-bond acceptors (Lipinski definition) is 5. The molecule has 5 rings (SSSR count). The van der Waals surface area contributed by atoms with E-state index in [0.717, 1.165) is 0 Å². The van der Waals surface area contributed by atoms with Crippen molar-refractivity contribution >= 4 is 55.8 Å². The number of carboxylic acids is 1. The molecule has 9 nitrogen and oxygen atoms in total. The molecule has 4 aromatic carbocycles. The molecule has 0 aliphatic carbocycles. The topological polar surface area (TPSA) is 130 Å². The maximum Gasteiger partial charge on any atom is 0.326 e. The Morgan fingerprint density at radius 1 is 0.956 bits per heavy atom. The van der Waals surface area contributed by atoms with Crippen LogP contribution >= 0.6 is 11.6 Å². The van der Waals surface area contributed by atoms with Crippen molar-refractivity contribution in [2.24, 2.45) is 0 Å². The van der Waals surface area contributed by atoms with Crippen LogP contribution in [0.2, 0.25) is 5.02 Å². The van der Waals surface area contributed by atoms with E-state index in [1.54, 1.807) is 48.7 Å². The molecule has 45 heavy (non-hydrogen) atoms. The number of pyridine rings is 1. The number of aromatic nitrogens is 1. The lowest BCUT2D eigenvalue weighted by Gasteiger charge is -2.18. The van der Waals surface area contributed by atoms with Gasteiger partial charge in [-0.1, -0.05) is 60.1 Å². The molecule has 1 aromatic heterocycles. The lowest BCUT2D eigenvalue weighted by molar-refractivity contribution is -0.139. The second-order valence-electron chi connectivity index (χ2n) is 9.75. The number of anilines is 1. The van der Waals surface area contributed by atoms with Gasteiger partial charge in [0.05, 0.1) is 22.7 Å². The highest BCUT2D eigenvalue weighted by Crippen LogP contribution is 2.36. The van der Waals surface area contributed by atoms with E-state index in [-0.39, 0.29) is 11.3 Å². The molecule has 0 spiro atoms. The average molecular weight is 647 g/mol. The third-order valence-electron chi connectivity index (χ3n) is 6.83. The van der Waals surface area contributed by atoms with Crippen LogP contribution in [0, 0.1) is 18.2 Å². The molecule has 0 aliphatic heterocycles. The van der Waals surface area contributed by atoms with Crippen molar-refractivity contribution in [2.75, 3.05) is 4.72 Å². The summed E-state index contributed by atoms with van der Waals surface area (Å²) in [5.74, 6) is -5.61. The molecule has 0 unspecified atom stereocenters. The van der Waals surface area contributed by atoms with E-state index in [0.29, 0.717) is 50.4 Å². The molecule has 0 radical (unpaired) electrons. The number of amides is 1. The summed E-state index contributed by atoms with van der Waals surface area (Å²) in [6.45, 7) is 7.18. The maximum absolute atomic E-state index is 15.0. The Morgan fingerprint density at radius 2 is 1.64 bits per heavy atom. The van der Waals surface area contributed by atoms with Crippen molar-refractivity contribution in [1.29, 1.82) is 0 Å². The third kappa shape index (κ3) is 6.59. The number of carbonyl (C=O) groups is 2. The summed E-state index contributed by atoms with van der Waals surface area (Å²) < 4.78 is 57.1. The fourth-order valence-corrected chi connectivity index (χ4v) is 6.07. The van der Waals surface area contributed by atoms with Gasteiger partial charge in [-0.05, 0) is 47.5 Å². The summed E-state index contributed by atoms with van der Waals surface area (Å²) in [6.07, 6.45) is 1.27. The Bertz CT molecular complexity index is 2100. The lowest BCUT2D eigenvalue weighted by Crippen LogP contribution is -2.43. The monoisotopic (exact) mass is 646 g/mol. The van der Waals surface area contributed by atoms with Gasteiger partial charge in [-0.2, -0.15) is 0 Å². The number of fused-ring (bicyclic) bond motifs is 1. The molecule has 0 fully saturated rings. The number of benzene rings is 4. The number of halogens is 3. The standard InChI is InChI=1S/C32H21ClF2N4O5S/c1-36-19-10-12-23(25(33)15-19)24-11-9-18(22-8-5-13-37-30(22)24)14-28(32(41)42)38-31(40)29-26(34)16-20(17-27(29)35)39-45(43,44)21-6-3-2-4-7-21/h2-13,15-17,28,39H,14H2,(H,38,40)(H,41,42)/t28-/m0/s1. The zero-order valence-electron chi connectivity index (χ0n) is 23.0. The van der Waals surface area contributed by atoms with Gasteiger partial charge in [-0.3, -0.25) is 14.5 Å². The molecule has 5 aromatic rings. The Morgan fingerprint density at radius 3 is 2.29 bits per heavy atom. The number of rotatable bonds is 9. The van der Waals surface area contributed by atoms with Gasteiger partial charge in [-0.25, -0.2) is 26.8 Å². The van der Waals surface area contributed by atoms with Gasteiger partial charge in [0.2, 0.25) is 0 Å². The molecule has 0 saturated heterocycles. The number of carboxylic acid groups (broad SMARTS) is 1. The summed E-state index contributed by atoms with van der Waals surface area (Å²) in [7, 11) is -4.18. The van der Waals surface area contributed by atoms with Crippen LogP contribution < -0.4 is 10.0 Å². The molecule has 13 heteroatoms. The Hall–Kier alpha value is -5.38. The predicted molar refractivity (Wildman–Crippen MR) is 165 cm³/mol. The van der Waals surface area contributed by atoms with Crippen LogP contribution in [0.25, 0.3) is 26.9 Å². The highest BCUT2D eigenvalue weighted by atomic mass is 35.5. The van der Waals surface area contributed by atoms with Crippen molar-refractivity contribution in [3.05, 3.63) is 130 Å². The minimum absolute atomic E-state index is 0.145. The van der Waals surface area contributed by atoms with E-state index >= 15 is 0 Å². The van der Waals surface area contributed by atoms with E-state index in [1.165, 1.54) is 30.3 Å². The van der Waals surface area contributed by atoms with Crippen LogP contribution in [-0.2, 0) is 21.2 Å². The first kappa shape index (κ1) is 31.1. The Balaban J connectivity index is 1.41. The molecule has 226 valence electrons. The zero-order valence-corrected chi connectivity index (χ0v) is 24.5. The molecule has 1 amide bonds. The van der Waals surface area contributed by atoms with E-state index in [2.05, 4.69) is 19.9 Å². The number of sulfonamides is 1. The largest absolute Gasteiger partial charge is 0.480 e. The molecule has 0 bridgehead atoms. The first-order chi connectivity index (χ1) is 21.5. The van der Waals surface area contributed by atoms with Crippen LogP contribution in [0.3, 0.4) is 0 Å². The van der Waals surface area contributed by atoms with Crippen LogP contribution in [-0.4, -0.2) is 36.4 Å². The number of carbonyl (C=O) groups excluding carboxylic acids is 1. The quantitative estimate of drug-likeness (QED) is 0.155. The van der Waals surface area contributed by atoms with Gasteiger partial charge in [0.25, 0.3) is 15.9 Å². The van der Waals surface area contributed by atoms with Gasteiger partial charge >= 0.3 is 5.97 Å². The highest BCUT2D eigenvalue weighted by Gasteiger charge is 2.27. The fraction of sp³-hybridized carbons (Fsp3) is 0.0625. The Labute approximate surface area is 261 Å². The molecule has 0 saturated carbocycles. The minimum atomic E-state index is -4.18. The third-order valence-corrected chi connectivity index (χ3v) is 8.54. The first-order valence-corrected chi connectivity index (χ1v) is 15.0. The summed E-state index contributed by atoms with van der Waals surface area (Å²) in [6, 6.07) is 18.2. The smallest absolute Gasteiger partial charge is 0.326 e. The molecule has 1 heterocycles. The van der Waals surface area contributed by atoms with E-state index in [4.69, 9.17) is 18.2 Å². The van der Waals surface area contributed by atoms with Crippen molar-refractivity contribution in [3.8, 4) is 11.1 Å². The van der Waals surface area contributed by atoms with E-state index in [1.807, 2.05) is 0 Å². The lowest BCUT2D eigenvalue weighted by atomic mass is 9.95. The van der Waals surface area contributed by atoms with Crippen molar-refractivity contribution in [3.63, 3.8) is 0 Å². The predicted octanol–water partition coefficient (Wildman–Crippen LogP) is 6.61. The number of aliphatic carboxylic acids is 1. The number of nitrogens with one attached hydrogen (secondary N) is 2. The Kier molecular flexibility index (Phi) is 8.76. The summed E-state index contributed by atoms with van der Waals surface area (Å²) >= 11 is 6.43. The molecular weight excluding hydrogens is 626 g/mol. The van der Waals surface area contributed by atoms with E-state index < -0.39 is 50.8 Å². The molecule has 0 aliphatic rings. The highest BCUT2D eigenvalue weighted by molar-refractivity contribution is 7.92. The van der Waals surface area contributed by atoms with Crippen molar-refractivity contribution in [1.82, 2.24) is 10.3 Å².